The van der Waals surface area contributed by atoms with Crippen LogP contribution in [0, 0.1) is 17.0 Å². The van der Waals surface area contributed by atoms with Gasteiger partial charge in [-0.15, -0.1) is 0 Å². The molecule has 38 heavy (non-hydrogen) atoms. The van der Waals surface area contributed by atoms with Gasteiger partial charge in [-0.1, -0.05) is 39.0 Å². The molecule has 2 aliphatic carbocycles. The number of rotatable bonds is 7. The average Bonchev–Trinajstić information content (AvgIpc) is 3.21. The molecule has 2 aliphatic rings. The van der Waals surface area contributed by atoms with Gasteiger partial charge in [-0.25, -0.2) is 25.6 Å². The number of nitrogens with zero attached hydrogens (tertiary/aromatic N) is 3. The molecule has 0 radical (unpaired) electrons. The summed E-state index contributed by atoms with van der Waals surface area (Å²) in [6, 6.07) is 10.9. The van der Waals surface area contributed by atoms with Gasteiger partial charge in [-0.05, 0) is 60.1 Å². The highest BCUT2D eigenvalue weighted by Gasteiger charge is 2.64. The second-order valence-corrected chi connectivity index (χ2v) is 14.6. The maximum Gasteiger partial charge on any atom is 0.244 e. The van der Waals surface area contributed by atoms with Crippen molar-refractivity contribution < 1.29 is 25.6 Å². The third-order valence-electron chi connectivity index (χ3n) is 8.50. The van der Waals surface area contributed by atoms with Gasteiger partial charge in [-0.2, -0.15) is 14.5 Å². The summed E-state index contributed by atoms with van der Waals surface area (Å²) in [4.78, 5) is -0.509. The Balaban J connectivity index is 1.61. The highest BCUT2D eigenvalue weighted by atomic mass is 32.2. The molecule has 0 unspecified atom stereocenters. The quantitative estimate of drug-likeness (QED) is 0.415. The van der Waals surface area contributed by atoms with Gasteiger partial charge in [0, 0.05) is 24.8 Å². The third kappa shape index (κ3) is 3.81. The van der Waals surface area contributed by atoms with E-state index in [0.717, 1.165) is 18.2 Å². The lowest BCUT2D eigenvalue weighted by Gasteiger charge is -2.41. The van der Waals surface area contributed by atoms with Crippen LogP contribution in [0.1, 0.15) is 50.8 Å². The molecule has 1 fully saturated rings. The number of aromatic nitrogens is 2. The van der Waals surface area contributed by atoms with Crippen LogP contribution in [0.2, 0.25) is 0 Å². The van der Waals surface area contributed by atoms with Crippen LogP contribution in [-0.2, 0) is 25.3 Å². The summed E-state index contributed by atoms with van der Waals surface area (Å²) >= 11 is 0. The Morgan fingerprint density at radius 1 is 0.974 bits per heavy atom. The number of fused-ring (bicyclic) bond motifs is 5. The van der Waals surface area contributed by atoms with Gasteiger partial charge in [0.25, 0.3) is 0 Å². The topological polar surface area (TPSA) is 97.3 Å². The molecule has 2 bridgehead atoms. The van der Waals surface area contributed by atoms with Gasteiger partial charge in [0.15, 0.2) is 9.84 Å². The number of sulfonamides is 1. The molecule has 11 heteroatoms. The summed E-state index contributed by atoms with van der Waals surface area (Å²) in [6.07, 6.45) is 2.39. The summed E-state index contributed by atoms with van der Waals surface area (Å²) < 4.78 is 82.8. The van der Waals surface area contributed by atoms with Crippen LogP contribution in [0.5, 0.6) is 0 Å². The molecule has 0 aliphatic heterocycles. The molecule has 0 N–H and O–H groups in total. The first-order valence-electron chi connectivity index (χ1n) is 12.4. The Labute approximate surface area is 221 Å². The van der Waals surface area contributed by atoms with E-state index >= 15 is 0 Å². The molecule has 2 aromatic carbocycles. The molecule has 1 aromatic heterocycles. The monoisotopic (exact) mass is 561 g/mol. The fourth-order valence-electron chi connectivity index (χ4n) is 6.42. The smallest absolute Gasteiger partial charge is 0.224 e. The fourth-order valence-corrected chi connectivity index (χ4v) is 9.53. The highest BCUT2D eigenvalue weighted by molar-refractivity contribution is 7.93. The average molecular weight is 562 g/mol. The predicted molar refractivity (Wildman–Crippen MR) is 139 cm³/mol. The summed E-state index contributed by atoms with van der Waals surface area (Å²) in [7, 11) is -7.99. The van der Waals surface area contributed by atoms with Crippen LogP contribution in [0.15, 0.2) is 58.3 Å². The number of sulfone groups is 1. The Hall–Kier alpha value is -2.76. The van der Waals surface area contributed by atoms with Crippen molar-refractivity contribution in [2.75, 3.05) is 19.3 Å². The normalized spacial score (nSPS) is 22.1. The molecule has 0 saturated heterocycles. The van der Waals surface area contributed by atoms with Crippen molar-refractivity contribution in [3.05, 3.63) is 71.4 Å². The zero-order valence-electron chi connectivity index (χ0n) is 21.6. The van der Waals surface area contributed by atoms with Gasteiger partial charge in [0.05, 0.1) is 21.8 Å². The molecule has 2 atom stereocenters. The summed E-state index contributed by atoms with van der Waals surface area (Å²) in [5.41, 5.74) is 0.154. The van der Waals surface area contributed by atoms with Crippen molar-refractivity contribution in [3.8, 4) is 11.3 Å². The Kier molecular flexibility index (Phi) is 6.28. The van der Waals surface area contributed by atoms with Crippen molar-refractivity contribution in [2.45, 2.75) is 54.7 Å². The predicted octanol–water partition coefficient (Wildman–Crippen LogP) is 4.69. The second-order valence-electron chi connectivity index (χ2n) is 10.7. The lowest BCUT2D eigenvalue weighted by molar-refractivity contribution is 0.169. The van der Waals surface area contributed by atoms with Gasteiger partial charge < -0.3 is 0 Å². The van der Waals surface area contributed by atoms with E-state index in [-0.39, 0.29) is 40.1 Å². The zero-order valence-corrected chi connectivity index (χ0v) is 23.2. The lowest BCUT2D eigenvalue weighted by atomic mass is 9.68. The maximum atomic E-state index is 14.5. The number of hydrogen-bond acceptors (Lipinski definition) is 6. The molecular formula is C27H29F2N3O4S2. The number of benzene rings is 2. The summed E-state index contributed by atoms with van der Waals surface area (Å²) in [5.74, 6) is -1.47. The van der Waals surface area contributed by atoms with Crippen molar-refractivity contribution in [1.82, 2.24) is 14.5 Å². The minimum Gasteiger partial charge on any atom is -0.224 e. The van der Waals surface area contributed by atoms with Crippen LogP contribution in [0.25, 0.3) is 11.3 Å². The van der Waals surface area contributed by atoms with Gasteiger partial charge in [0.1, 0.15) is 16.5 Å². The van der Waals surface area contributed by atoms with E-state index < -0.39 is 42.3 Å². The van der Waals surface area contributed by atoms with Crippen molar-refractivity contribution in [1.29, 1.82) is 0 Å². The SMILES string of the molecule is CCN(C[C@@]12CC[C@@H](c3cc(-c4c(F)cccc4F)nnc31)C2(C)C)S(=O)(=O)c1ccccc1S(C)(=O)=O. The van der Waals surface area contributed by atoms with Crippen molar-refractivity contribution >= 4 is 19.9 Å². The number of likely N-dealkylation sites (N-methyl/N-ethyl adjacent to an activating group) is 1. The van der Waals surface area contributed by atoms with Gasteiger partial charge >= 0.3 is 0 Å². The van der Waals surface area contributed by atoms with Gasteiger partial charge in [0.2, 0.25) is 10.0 Å². The Bertz CT molecular complexity index is 1640. The second kappa shape index (κ2) is 8.89. The van der Waals surface area contributed by atoms with E-state index in [1.165, 1.54) is 46.8 Å². The molecule has 1 saturated carbocycles. The Morgan fingerprint density at radius 2 is 1.61 bits per heavy atom. The molecule has 202 valence electrons. The van der Waals surface area contributed by atoms with E-state index in [2.05, 4.69) is 24.0 Å². The summed E-state index contributed by atoms with van der Waals surface area (Å²) in [5, 5.41) is 8.66. The van der Waals surface area contributed by atoms with Crippen LogP contribution < -0.4 is 0 Å². The summed E-state index contributed by atoms with van der Waals surface area (Å²) in [6.45, 7) is 6.01. The molecular weight excluding hydrogens is 532 g/mol. The molecule has 5 rings (SSSR count). The minimum atomic E-state index is -4.19. The Morgan fingerprint density at radius 3 is 2.21 bits per heavy atom. The third-order valence-corrected chi connectivity index (χ3v) is 11.8. The molecule has 3 aromatic rings. The minimum absolute atomic E-state index is 0.00805. The van der Waals surface area contributed by atoms with E-state index in [1.807, 2.05) is 0 Å². The number of halogens is 2. The molecule has 7 nitrogen and oxygen atoms in total. The van der Waals surface area contributed by atoms with E-state index in [9.17, 15) is 25.6 Å². The van der Waals surface area contributed by atoms with E-state index in [0.29, 0.717) is 12.1 Å². The highest BCUT2D eigenvalue weighted by Crippen LogP contribution is 2.67. The molecule has 0 amide bonds. The van der Waals surface area contributed by atoms with Gasteiger partial charge in [-0.3, -0.25) is 0 Å². The first kappa shape index (κ1) is 26.8. The van der Waals surface area contributed by atoms with E-state index in [1.54, 1.807) is 13.0 Å². The molecule has 0 spiro atoms. The van der Waals surface area contributed by atoms with Crippen molar-refractivity contribution in [3.63, 3.8) is 0 Å². The first-order valence-corrected chi connectivity index (χ1v) is 15.7. The van der Waals surface area contributed by atoms with E-state index in [4.69, 9.17) is 0 Å². The van der Waals surface area contributed by atoms with Crippen LogP contribution in [0.3, 0.4) is 0 Å². The van der Waals surface area contributed by atoms with Crippen LogP contribution in [0.4, 0.5) is 8.78 Å². The lowest BCUT2D eigenvalue weighted by Crippen LogP contribution is -2.48. The van der Waals surface area contributed by atoms with Crippen LogP contribution >= 0.6 is 0 Å². The standard InChI is InChI=1S/C27H29F2N3O4S2/c1-5-32(38(35,36)23-12-7-6-11-22(23)37(4,33)34)16-27-14-13-18(26(27,2)3)17-15-21(30-31-25(17)27)24-19(28)9-8-10-20(24)29/h6-12,15,18H,5,13-14,16H2,1-4H3/t18-,27-/m0/s1. The number of hydrogen-bond donors (Lipinski definition) is 0. The fraction of sp³-hybridized carbons (Fsp3) is 0.407. The van der Waals surface area contributed by atoms with Crippen molar-refractivity contribution in [2.24, 2.45) is 5.41 Å². The molecule has 1 heterocycles. The van der Waals surface area contributed by atoms with Crippen LogP contribution in [-0.4, -0.2) is 50.7 Å². The maximum absolute atomic E-state index is 14.5. The first-order chi connectivity index (χ1) is 17.8. The largest absolute Gasteiger partial charge is 0.244 e. The zero-order chi connectivity index (χ0) is 27.7.